The van der Waals surface area contributed by atoms with E-state index in [1.54, 1.807) is 0 Å². The van der Waals surface area contributed by atoms with Crippen molar-refractivity contribution in [3.05, 3.63) is 182 Å². The first kappa shape index (κ1) is 30.2. The Hall–Kier alpha value is -6.32. The Morgan fingerprint density at radius 2 is 0.611 bits per heavy atom. The minimum atomic E-state index is 1.23. The van der Waals surface area contributed by atoms with Crippen LogP contribution in [0.15, 0.2) is 182 Å². The van der Waals surface area contributed by atoms with Gasteiger partial charge in [-0.25, -0.2) is 0 Å². The number of rotatable bonds is 4. The second kappa shape index (κ2) is 11.6. The molecule has 250 valence electrons. The van der Waals surface area contributed by atoms with Gasteiger partial charge < -0.3 is 0 Å². The minimum Gasteiger partial charge on any atom is -0.135 e. The van der Waals surface area contributed by atoms with E-state index in [0.717, 1.165) is 0 Å². The first-order valence-electron chi connectivity index (χ1n) is 18.5. The predicted molar refractivity (Wildman–Crippen MR) is 238 cm³/mol. The SMILES string of the molecule is c1ccc(-c2cc(-c3cccc4c3sc3ccccc34)c3ccc4c(-c5ccccc5)cc(-c5cccc6c5sc5ccccc56)c5ccc2c3c45)cc1. The quantitative estimate of drug-likeness (QED) is 0.159. The van der Waals surface area contributed by atoms with Crippen LogP contribution in [0.3, 0.4) is 0 Å². The first-order valence-corrected chi connectivity index (χ1v) is 20.1. The van der Waals surface area contributed by atoms with Crippen molar-refractivity contribution in [2.45, 2.75) is 0 Å². The zero-order valence-electron chi connectivity index (χ0n) is 29.1. The molecule has 2 aromatic heterocycles. The largest absolute Gasteiger partial charge is 0.135 e. The highest BCUT2D eigenvalue weighted by Gasteiger charge is 2.23. The maximum absolute atomic E-state index is 2.47. The molecule has 2 heterocycles. The van der Waals surface area contributed by atoms with E-state index in [9.17, 15) is 0 Å². The molecule has 12 rings (SSSR count). The minimum absolute atomic E-state index is 1.23. The highest BCUT2D eigenvalue weighted by molar-refractivity contribution is 7.26. The van der Waals surface area contributed by atoms with E-state index in [-0.39, 0.29) is 0 Å². The van der Waals surface area contributed by atoms with E-state index in [1.807, 2.05) is 22.7 Å². The summed E-state index contributed by atoms with van der Waals surface area (Å²) in [6, 6.07) is 67.9. The molecular formula is C52H30S2. The molecule has 0 amide bonds. The summed E-state index contributed by atoms with van der Waals surface area (Å²) < 4.78 is 5.34. The van der Waals surface area contributed by atoms with Gasteiger partial charge in [-0.05, 0) is 90.0 Å². The number of thiophene rings is 2. The molecule has 0 saturated heterocycles. The summed E-state index contributed by atoms with van der Waals surface area (Å²) in [4.78, 5) is 0. The fourth-order valence-corrected chi connectivity index (χ4v) is 11.5. The molecule has 0 nitrogen and oxygen atoms in total. The maximum atomic E-state index is 2.47. The monoisotopic (exact) mass is 718 g/mol. The number of hydrogen-bond donors (Lipinski definition) is 0. The second-order valence-corrected chi connectivity index (χ2v) is 16.4. The first-order chi connectivity index (χ1) is 26.8. The lowest BCUT2D eigenvalue weighted by atomic mass is 9.82. The van der Waals surface area contributed by atoms with Crippen molar-refractivity contribution in [3.8, 4) is 44.5 Å². The Morgan fingerprint density at radius 1 is 0.241 bits per heavy atom. The van der Waals surface area contributed by atoms with Crippen LogP contribution < -0.4 is 0 Å². The lowest BCUT2D eigenvalue weighted by Gasteiger charge is -2.22. The molecule has 0 spiro atoms. The van der Waals surface area contributed by atoms with Crippen molar-refractivity contribution in [1.82, 2.24) is 0 Å². The fourth-order valence-electron chi connectivity index (χ4n) is 9.07. The molecule has 0 radical (unpaired) electrons. The summed E-state index contributed by atoms with van der Waals surface area (Å²) in [6.45, 7) is 0. The summed E-state index contributed by atoms with van der Waals surface area (Å²) in [6.07, 6.45) is 0. The molecule has 0 unspecified atom stereocenters. The molecule has 10 aromatic carbocycles. The number of benzene rings is 10. The summed E-state index contributed by atoms with van der Waals surface area (Å²) in [5, 5.41) is 13.1. The number of fused-ring (bicyclic) bond motifs is 6. The molecule has 0 atom stereocenters. The Balaban J connectivity index is 1.27. The van der Waals surface area contributed by atoms with Crippen LogP contribution in [-0.4, -0.2) is 0 Å². The Labute approximate surface area is 320 Å². The highest BCUT2D eigenvalue weighted by Crippen LogP contribution is 2.51. The predicted octanol–water partition coefficient (Wildman–Crippen LogP) is 16.0. The average Bonchev–Trinajstić information content (AvgIpc) is 3.82. The van der Waals surface area contributed by atoms with Crippen molar-refractivity contribution in [2.75, 3.05) is 0 Å². The molecule has 54 heavy (non-hydrogen) atoms. The van der Waals surface area contributed by atoms with Crippen LogP contribution in [0.2, 0.25) is 0 Å². The Bertz CT molecular complexity index is 3190. The topological polar surface area (TPSA) is 0 Å². The molecule has 0 bridgehead atoms. The average molecular weight is 719 g/mol. The molecule has 0 N–H and O–H groups in total. The molecule has 0 aliphatic rings. The molecule has 0 fully saturated rings. The van der Waals surface area contributed by atoms with Crippen molar-refractivity contribution in [3.63, 3.8) is 0 Å². The molecule has 2 heteroatoms. The third-order valence-electron chi connectivity index (χ3n) is 11.5. The summed E-state index contributed by atoms with van der Waals surface area (Å²) in [7, 11) is 0. The van der Waals surface area contributed by atoms with Crippen LogP contribution in [0.25, 0.3) is 117 Å². The highest BCUT2D eigenvalue weighted by atomic mass is 32.1. The lowest BCUT2D eigenvalue weighted by molar-refractivity contribution is 1.64. The van der Waals surface area contributed by atoms with Crippen LogP contribution in [0.5, 0.6) is 0 Å². The third kappa shape index (κ3) is 4.30. The van der Waals surface area contributed by atoms with Gasteiger partial charge in [0.2, 0.25) is 0 Å². The van der Waals surface area contributed by atoms with Crippen LogP contribution in [0, 0.1) is 0 Å². The Kier molecular flexibility index (Phi) is 6.48. The second-order valence-electron chi connectivity index (χ2n) is 14.3. The molecule has 0 aliphatic heterocycles. The summed E-state index contributed by atoms with van der Waals surface area (Å²) in [5.74, 6) is 0. The van der Waals surface area contributed by atoms with E-state index in [1.165, 1.54) is 117 Å². The van der Waals surface area contributed by atoms with Crippen molar-refractivity contribution < 1.29 is 0 Å². The zero-order valence-corrected chi connectivity index (χ0v) is 30.8. The van der Waals surface area contributed by atoms with Crippen LogP contribution in [0.1, 0.15) is 0 Å². The van der Waals surface area contributed by atoms with Crippen LogP contribution in [-0.2, 0) is 0 Å². The van der Waals surface area contributed by atoms with Gasteiger partial charge in [0.25, 0.3) is 0 Å². The van der Waals surface area contributed by atoms with Gasteiger partial charge in [-0.1, -0.05) is 158 Å². The van der Waals surface area contributed by atoms with Gasteiger partial charge in [-0.15, -0.1) is 22.7 Å². The van der Waals surface area contributed by atoms with Crippen molar-refractivity contribution in [2.24, 2.45) is 0 Å². The van der Waals surface area contributed by atoms with Crippen LogP contribution >= 0.6 is 22.7 Å². The Morgan fingerprint density at radius 3 is 1.06 bits per heavy atom. The van der Waals surface area contributed by atoms with Crippen LogP contribution in [0.4, 0.5) is 0 Å². The molecule has 0 aliphatic carbocycles. The van der Waals surface area contributed by atoms with Gasteiger partial charge in [0.15, 0.2) is 0 Å². The van der Waals surface area contributed by atoms with E-state index < -0.39 is 0 Å². The summed E-state index contributed by atoms with van der Waals surface area (Å²) >= 11 is 3.82. The normalized spacial score (nSPS) is 12.1. The van der Waals surface area contributed by atoms with E-state index >= 15 is 0 Å². The van der Waals surface area contributed by atoms with Crippen molar-refractivity contribution >= 4 is 95.3 Å². The van der Waals surface area contributed by atoms with Gasteiger partial charge >= 0.3 is 0 Å². The van der Waals surface area contributed by atoms with Gasteiger partial charge in [0, 0.05) is 51.5 Å². The van der Waals surface area contributed by atoms with Crippen molar-refractivity contribution in [1.29, 1.82) is 0 Å². The standard InChI is InChI=1S/C52H30S2/c1-3-13-31(14-4-1)43-29-45(41-21-11-19-39-33-17-7-9-23-47(33)53-51(39)41)37-28-26-36-44(32-15-5-2-6-16-32)30-46(38-27-25-35(43)49(37)50(36)38)42-22-12-20-40-34-18-8-10-24-48(34)54-52(40)42/h1-30H. The van der Waals surface area contributed by atoms with Gasteiger partial charge in [0.05, 0.1) is 0 Å². The van der Waals surface area contributed by atoms with E-state index in [4.69, 9.17) is 0 Å². The third-order valence-corrected chi connectivity index (χ3v) is 13.9. The van der Waals surface area contributed by atoms with Gasteiger partial charge in [-0.3, -0.25) is 0 Å². The fraction of sp³-hybridized carbons (Fsp3) is 0. The van der Waals surface area contributed by atoms with Gasteiger partial charge in [-0.2, -0.15) is 0 Å². The molecular weight excluding hydrogens is 689 g/mol. The smallest absolute Gasteiger partial charge is 0.0434 e. The zero-order chi connectivity index (χ0) is 35.3. The van der Waals surface area contributed by atoms with E-state index in [0.29, 0.717) is 0 Å². The maximum Gasteiger partial charge on any atom is 0.0434 e. The molecule has 12 aromatic rings. The summed E-state index contributed by atoms with van der Waals surface area (Å²) in [5.41, 5.74) is 10.2. The number of hydrogen-bond acceptors (Lipinski definition) is 2. The van der Waals surface area contributed by atoms with E-state index in [2.05, 4.69) is 182 Å². The lowest BCUT2D eigenvalue weighted by Crippen LogP contribution is -1.94. The van der Waals surface area contributed by atoms with Gasteiger partial charge in [0.1, 0.15) is 0 Å². The molecule has 0 saturated carbocycles.